The van der Waals surface area contributed by atoms with Gasteiger partial charge in [0.2, 0.25) is 0 Å². The number of nitrogens with zero attached hydrogens (tertiary/aromatic N) is 1. The van der Waals surface area contributed by atoms with Gasteiger partial charge in [-0.25, -0.2) is 0 Å². The fourth-order valence-electron chi connectivity index (χ4n) is 1.34. The minimum absolute atomic E-state index is 0.354. The van der Waals surface area contributed by atoms with Crippen molar-refractivity contribution in [2.24, 2.45) is 0 Å². The van der Waals surface area contributed by atoms with Gasteiger partial charge in [0.15, 0.2) is 5.78 Å². The van der Waals surface area contributed by atoms with E-state index in [9.17, 15) is 28.1 Å². The maximum atomic E-state index is 12.6. The maximum Gasteiger partial charge on any atom is 0.423 e. The van der Waals surface area contributed by atoms with Crippen LogP contribution in [-0.2, 0) is 6.18 Å². The summed E-state index contributed by atoms with van der Waals surface area (Å²) in [4.78, 5) is 20.5. The van der Waals surface area contributed by atoms with E-state index < -0.39 is 33.7 Å². The van der Waals surface area contributed by atoms with Crippen molar-refractivity contribution in [2.75, 3.05) is 5.73 Å². The second-order valence-electron chi connectivity index (χ2n) is 3.28. The number of halogens is 3. The molecule has 0 spiro atoms. The van der Waals surface area contributed by atoms with E-state index in [1.54, 1.807) is 0 Å². The summed E-state index contributed by atoms with van der Waals surface area (Å²) in [6.07, 6.45) is -4.94. The first kappa shape index (κ1) is 12.9. The van der Waals surface area contributed by atoms with Crippen molar-refractivity contribution in [2.45, 2.75) is 13.1 Å². The molecule has 1 aromatic carbocycles. The average molecular weight is 248 g/mol. The number of nitro groups is 1. The highest BCUT2D eigenvalue weighted by Gasteiger charge is 2.40. The number of nitro benzene ring substituents is 1. The molecule has 0 unspecified atom stereocenters. The molecule has 1 rings (SSSR count). The predicted octanol–water partition coefficient (Wildman–Crippen LogP) is 2.40. The van der Waals surface area contributed by atoms with Crippen LogP contribution in [-0.4, -0.2) is 10.7 Å². The standard InChI is InChI=1S/C9H7F3N2O3/c1-4(15)6-2-5(13)3-7(9(10,11)12)8(6)14(16)17/h2-3H,13H2,1H3. The SMILES string of the molecule is CC(=O)c1cc(N)cc(C(F)(F)F)c1[N+](=O)[O-]. The van der Waals surface area contributed by atoms with E-state index in [2.05, 4.69) is 0 Å². The Balaban J connectivity index is 3.70. The summed E-state index contributed by atoms with van der Waals surface area (Å²) in [6.45, 7) is 0.932. The van der Waals surface area contributed by atoms with Gasteiger partial charge in [0.25, 0.3) is 5.69 Å². The van der Waals surface area contributed by atoms with Gasteiger partial charge >= 0.3 is 6.18 Å². The van der Waals surface area contributed by atoms with Gasteiger partial charge < -0.3 is 5.73 Å². The third-order valence-electron chi connectivity index (χ3n) is 2.00. The van der Waals surface area contributed by atoms with Crippen molar-refractivity contribution in [1.29, 1.82) is 0 Å². The van der Waals surface area contributed by atoms with Gasteiger partial charge in [0.05, 0.1) is 10.5 Å². The number of nitrogens with two attached hydrogens (primary N) is 1. The van der Waals surface area contributed by atoms with Gasteiger partial charge in [0.1, 0.15) is 5.56 Å². The van der Waals surface area contributed by atoms with Gasteiger partial charge in [-0.3, -0.25) is 14.9 Å². The van der Waals surface area contributed by atoms with Crippen LogP contribution in [0.15, 0.2) is 12.1 Å². The summed E-state index contributed by atoms with van der Waals surface area (Å²) in [5, 5.41) is 10.6. The summed E-state index contributed by atoms with van der Waals surface area (Å²) in [7, 11) is 0. The third-order valence-corrected chi connectivity index (χ3v) is 2.00. The van der Waals surface area contributed by atoms with Crippen LogP contribution in [0.5, 0.6) is 0 Å². The Morgan fingerprint density at radius 2 is 1.94 bits per heavy atom. The number of alkyl halides is 3. The van der Waals surface area contributed by atoms with Crippen LogP contribution in [0.3, 0.4) is 0 Å². The Kier molecular flexibility index (Phi) is 3.08. The minimum Gasteiger partial charge on any atom is -0.399 e. The van der Waals surface area contributed by atoms with E-state index in [0.717, 1.165) is 13.0 Å². The van der Waals surface area contributed by atoms with Crippen molar-refractivity contribution in [1.82, 2.24) is 0 Å². The lowest BCUT2D eigenvalue weighted by molar-refractivity contribution is -0.388. The van der Waals surface area contributed by atoms with E-state index in [1.165, 1.54) is 0 Å². The van der Waals surface area contributed by atoms with Gasteiger partial charge in [-0.1, -0.05) is 0 Å². The molecule has 17 heavy (non-hydrogen) atoms. The second kappa shape index (κ2) is 4.04. The number of hydrogen-bond donors (Lipinski definition) is 1. The van der Waals surface area contributed by atoms with E-state index >= 15 is 0 Å². The first-order valence-electron chi connectivity index (χ1n) is 4.30. The van der Waals surface area contributed by atoms with Crippen LogP contribution in [0.25, 0.3) is 0 Å². The zero-order valence-electron chi connectivity index (χ0n) is 8.54. The normalized spacial score (nSPS) is 11.3. The second-order valence-corrected chi connectivity index (χ2v) is 3.28. The number of carbonyl (C=O) groups excluding carboxylic acids is 1. The van der Waals surface area contributed by atoms with Crippen LogP contribution in [0.4, 0.5) is 24.5 Å². The molecule has 0 radical (unpaired) electrons. The molecule has 0 aliphatic rings. The topological polar surface area (TPSA) is 86.2 Å². The van der Waals surface area contributed by atoms with Crippen molar-refractivity contribution in [3.05, 3.63) is 33.4 Å². The van der Waals surface area contributed by atoms with Crippen molar-refractivity contribution in [3.8, 4) is 0 Å². The molecular formula is C9H7F3N2O3. The summed E-state index contributed by atoms with van der Waals surface area (Å²) in [5.74, 6) is -0.852. The van der Waals surface area contributed by atoms with Crippen molar-refractivity contribution < 1.29 is 22.9 Å². The first-order chi connectivity index (χ1) is 7.64. The Morgan fingerprint density at radius 1 is 1.41 bits per heavy atom. The Labute approximate surface area is 93.2 Å². The molecular weight excluding hydrogens is 241 g/mol. The number of Topliss-reactive ketones (excluding diaryl/α,β-unsaturated/α-hetero) is 1. The summed E-state index contributed by atoms with van der Waals surface area (Å²) >= 11 is 0. The maximum absolute atomic E-state index is 12.6. The lowest BCUT2D eigenvalue weighted by Crippen LogP contribution is -2.13. The van der Waals surface area contributed by atoms with E-state index in [4.69, 9.17) is 5.73 Å². The molecule has 2 N–H and O–H groups in total. The van der Waals surface area contributed by atoms with Gasteiger partial charge in [-0.2, -0.15) is 13.2 Å². The zero-order chi connectivity index (χ0) is 13.4. The largest absolute Gasteiger partial charge is 0.423 e. The molecule has 0 saturated carbocycles. The summed E-state index contributed by atoms with van der Waals surface area (Å²) in [5.41, 5.74) is 1.40. The molecule has 92 valence electrons. The monoisotopic (exact) mass is 248 g/mol. The van der Waals surface area contributed by atoms with Crippen molar-refractivity contribution in [3.63, 3.8) is 0 Å². The fourth-order valence-corrected chi connectivity index (χ4v) is 1.34. The highest BCUT2D eigenvalue weighted by Crippen LogP contribution is 2.39. The van der Waals surface area contributed by atoms with E-state index in [0.29, 0.717) is 6.07 Å². The third kappa shape index (κ3) is 2.52. The van der Waals surface area contributed by atoms with Gasteiger partial charge in [-0.15, -0.1) is 0 Å². The molecule has 0 atom stereocenters. The summed E-state index contributed by atoms with van der Waals surface area (Å²) in [6, 6.07) is 1.29. The number of hydrogen-bond acceptors (Lipinski definition) is 4. The number of rotatable bonds is 2. The molecule has 1 aromatic rings. The predicted molar refractivity (Wildman–Crippen MR) is 52.5 cm³/mol. The molecule has 0 aliphatic heterocycles. The molecule has 0 heterocycles. The number of ketones is 1. The minimum atomic E-state index is -4.94. The quantitative estimate of drug-likeness (QED) is 0.377. The molecule has 0 amide bonds. The van der Waals surface area contributed by atoms with Gasteiger partial charge in [0, 0.05) is 5.69 Å². The molecule has 8 heteroatoms. The van der Waals surface area contributed by atoms with Gasteiger partial charge in [-0.05, 0) is 19.1 Å². The van der Waals surface area contributed by atoms with Crippen LogP contribution in [0, 0.1) is 10.1 Å². The molecule has 0 aromatic heterocycles. The zero-order valence-corrected chi connectivity index (χ0v) is 8.54. The van der Waals surface area contributed by atoms with E-state index in [-0.39, 0.29) is 5.69 Å². The molecule has 0 aliphatic carbocycles. The highest BCUT2D eigenvalue weighted by molar-refractivity contribution is 5.99. The lowest BCUT2D eigenvalue weighted by Gasteiger charge is -2.10. The smallest absolute Gasteiger partial charge is 0.399 e. The van der Waals surface area contributed by atoms with E-state index in [1.807, 2.05) is 0 Å². The Bertz CT molecular complexity index is 497. The molecule has 0 saturated heterocycles. The van der Waals surface area contributed by atoms with Crippen LogP contribution >= 0.6 is 0 Å². The molecule has 0 bridgehead atoms. The average Bonchev–Trinajstić information content (AvgIpc) is 2.14. The molecule has 0 fully saturated rings. The van der Waals surface area contributed by atoms with Crippen molar-refractivity contribution >= 4 is 17.2 Å². The highest BCUT2D eigenvalue weighted by atomic mass is 19.4. The Hall–Kier alpha value is -2.12. The number of carbonyl (C=O) groups is 1. The number of benzene rings is 1. The van der Waals surface area contributed by atoms with Crippen LogP contribution in [0.2, 0.25) is 0 Å². The van der Waals surface area contributed by atoms with Crippen LogP contribution in [0.1, 0.15) is 22.8 Å². The lowest BCUT2D eigenvalue weighted by atomic mass is 10.0. The molecule has 5 nitrogen and oxygen atoms in total. The number of anilines is 1. The number of nitrogen functional groups attached to an aromatic ring is 1. The Morgan fingerprint density at radius 3 is 2.29 bits per heavy atom. The first-order valence-corrected chi connectivity index (χ1v) is 4.30. The summed E-state index contributed by atoms with van der Waals surface area (Å²) < 4.78 is 37.7. The van der Waals surface area contributed by atoms with Crippen LogP contribution < -0.4 is 5.73 Å². The fraction of sp³-hybridized carbons (Fsp3) is 0.222.